The fourth-order valence-corrected chi connectivity index (χ4v) is 2.36. The maximum atomic E-state index is 5.62. The Kier molecular flexibility index (Phi) is 11.9. The van der Waals surface area contributed by atoms with Gasteiger partial charge in [0.15, 0.2) is 0 Å². The van der Waals surface area contributed by atoms with Gasteiger partial charge in [-0.3, -0.25) is 0 Å². The van der Waals surface area contributed by atoms with Crippen molar-refractivity contribution >= 4 is 0 Å². The normalized spacial score (nSPS) is 12.0. The van der Waals surface area contributed by atoms with Gasteiger partial charge >= 0.3 is 0 Å². The number of hydrogen-bond acceptors (Lipinski definition) is 2. The van der Waals surface area contributed by atoms with E-state index in [0.717, 1.165) is 13.0 Å². The van der Waals surface area contributed by atoms with E-state index in [2.05, 4.69) is 26.1 Å². The minimum absolute atomic E-state index is 0.427. The van der Waals surface area contributed by atoms with Crippen LogP contribution in [0.4, 0.5) is 0 Å². The van der Waals surface area contributed by atoms with Gasteiger partial charge in [0, 0.05) is 0 Å². The average molecular weight is 256 g/mol. The van der Waals surface area contributed by atoms with Crippen LogP contribution in [-0.4, -0.2) is 19.6 Å². The highest BCUT2D eigenvalue weighted by Gasteiger charge is 2.15. The summed E-state index contributed by atoms with van der Waals surface area (Å²) < 4.78 is 0. The molecular weight excluding hydrogens is 220 g/mol. The third kappa shape index (κ3) is 12.4. The van der Waals surface area contributed by atoms with Crippen molar-refractivity contribution in [1.82, 2.24) is 5.32 Å². The lowest BCUT2D eigenvalue weighted by atomic mass is 9.84. The van der Waals surface area contributed by atoms with Crippen molar-refractivity contribution < 1.29 is 0 Å². The molecule has 2 heteroatoms. The predicted molar refractivity (Wildman–Crippen MR) is 82.9 cm³/mol. The van der Waals surface area contributed by atoms with Crippen LogP contribution in [0.15, 0.2) is 0 Å². The van der Waals surface area contributed by atoms with Crippen molar-refractivity contribution in [2.45, 2.75) is 78.6 Å². The third-order valence-electron chi connectivity index (χ3n) is 3.74. The number of unbranched alkanes of at least 4 members (excludes halogenated alkanes) is 5. The molecule has 18 heavy (non-hydrogen) atoms. The van der Waals surface area contributed by atoms with E-state index < -0.39 is 0 Å². The standard InChI is InChI=1S/C16H36N2/c1-4-5-6-7-8-9-14-18-15-10-11-16(2,3)12-13-17/h18H,4-15,17H2,1-3H3. The molecular formula is C16H36N2. The highest BCUT2D eigenvalue weighted by atomic mass is 14.8. The Morgan fingerprint density at radius 3 is 2.11 bits per heavy atom. The van der Waals surface area contributed by atoms with Gasteiger partial charge in [0.2, 0.25) is 0 Å². The second-order valence-corrected chi connectivity index (χ2v) is 6.32. The molecule has 0 radical (unpaired) electrons. The molecule has 0 spiro atoms. The van der Waals surface area contributed by atoms with Crippen LogP contribution in [-0.2, 0) is 0 Å². The second kappa shape index (κ2) is 12.0. The van der Waals surface area contributed by atoms with Gasteiger partial charge in [-0.1, -0.05) is 52.9 Å². The van der Waals surface area contributed by atoms with Crippen molar-refractivity contribution in [3.63, 3.8) is 0 Å². The van der Waals surface area contributed by atoms with Crippen molar-refractivity contribution in [3.8, 4) is 0 Å². The SMILES string of the molecule is CCCCCCCCNCCCC(C)(C)CCN. The highest BCUT2D eigenvalue weighted by Crippen LogP contribution is 2.25. The Morgan fingerprint density at radius 2 is 1.44 bits per heavy atom. The van der Waals surface area contributed by atoms with Gasteiger partial charge in [0.25, 0.3) is 0 Å². The number of nitrogens with two attached hydrogens (primary N) is 1. The molecule has 0 amide bonds. The first-order chi connectivity index (χ1) is 8.62. The predicted octanol–water partition coefficient (Wildman–Crippen LogP) is 4.09. The summed E-state index contributed by atoms with van der Waals surface area (Å²) in [5.41, 5.74) is 6.05. The second-order valence-electron chi connectivity index (χ2n) is 6.32. The van der Waals surface area contributed by atoms with Crippen LogP contribution in [0.1, 0.15) is 78.6 Å². The van der Waals surface area contributed by atoms with Crippen LogP contribution in [0.5, 0.6) is 0 Å². The molecule has 0 aromatic carbocycles. The molecule has 0 aromatic rings. The van der Waals surface area contributed by atoms with Crippen molar-refractivity contribution in [1.29, 1.82) is 0 Å². The van der Waals surface area contributed by atoms with Gasteiger partial charge < -0.3 is 11.1 Å². The van der Waals surface area contributed by atoms with Gasteiger partial charge in [-0.05, 0) is 50.7 Å². The summed E-state index contributed by atoms with van der Waals surface area (Å²) in [4.78, 5) is 0. The van der Waals surface area contributed by atoms with Gasteiger partial charge in [-0.15, -0.1) is 0 Å². The summed E-state index contributed by atoms with van der Waals surface area (Å²) >= 11 is 0. The molecule has 0 atom stereocenters. The highest BCUT2D eigenvalue weighted by molar-refractivity contribution is 4.69. The molecule has 0 aliphatic rings. The molecule has 0 aliphatic carbocycles. The smallest absolute Gasteiger partial charge is 0.00487 e. The van der Waals surface area contributed by atoms with Gasteiger partial charge in [0.1, 0.15) is 0 Å². The maximum Gasteiger partial charge on any atom is -0.00487 e. The molecule has 0 heterocycles. The number of nitrogens with one attached hydrogen (secondary N) is 1. The topological polar surface area (TPSA) is 38.0 Å². The molecule has 0 saturated heterocycles. The lowest BCUT2D eigenvalue weighted by Gasteiger charge is -2.23. The summed E-state index contributed by atoms with van der Waals surface area (Å²) in [7, 11) is 0. The van der Waals surface area contributed by atoms with E-state index in [1.165, 1.54) is 64.5 Å². The fourth-order valence-electron chi connectivity index (χ4n) is 2.36. The third-order valence-corrected chi connectivity index (χ3v) is 3.74. The largest absolute Gasteiger partial charge is 0.330 e. The van der Waals surface area contributed by atoms with Crippen LogP contribution >= 0.6 is 0 Å². The average Bonchev–Trinajstić information content (AvgIpc) is 2.31. The van der Waals surface area contributed by atoms with Crippen molar-refractivity contribution in [2.75, 3.05) is 19.6 Å². The number of rotatable bonds is 13. The van der Waals surface area contributed by atoms with E-state index in [1.54, 1.807) is 0 Å². The molecule has 3 N–H and O–H groups in total. The molecule has 0 saturated carbocycles. The fraction of sp³-hybridized carbons (Fsp3) is 1.00. The zero-order chi connectivity index (χ0) is 13.7. The molecule has 110 valence electrons. The summed E-state index contributed by atoms with van der Waals surface area (Å²) in [6.45, 7) is 10.1. The molecule has 0 rings (SSSR count). The first-order valence-electron chi connectivity index (χ1n) is 8.03. The lowest BCUT2D eigenvalue weighted by Crippen LogP contribution is -2.21. The minimum Gasteiger partial charge on any atom is -0.330 e. The molecule has 0 aliphatic heterocycles. The Bertz CT molecular complexity index is 166. The molecule has 0 bridgehead atoms. The maximum absolute atomic E-state index is 5.62. The molecule has 2 nitrogen and oxygen atoms in total. The monoisotopic (exact) mass is 256 g/mol. The van der Waals surface area contributed by atoms with E-state index in [9.17, 15) is 0 Å². The Hall–Kier alpha value is -0.0800. The van der Waals surface area contributed by atoms with Crippen molar-refractivity contribution in [3.05, 3.63) is 0 Å². The van der Waals surface area contributed by atoms with E-state index in [0.29, 0.717) is 5.41 Å². The minimum atomic E-state index is 0.427. The van der Waals surface area contributed by atoms with Crippen LogP contribution < -0.4 is 11.1 Å². The van der Waals surface area contributed by atoms with Crippen LogP contribution in [0, 0.1) is 5.41 Å². The molecule has 0 fully saturated rings. The summed E-state index contributed by atoms with van der Waals surface area (Å²) in [6.07, 6.45) is 12.0. The summed E-state index contributed by atoms with van der Waals surface area (Å²) in [6, 6.07) is 0. The van der Waals surface area contributed by atoms with Gasteiger partial charge in [0.05, 0.1) is 0 Å². The zero-order valence-electron chi connectivity index (χ0n) is 13.1. The van der Waals surface area contributed by atoms with Crippen LogP contribution in [0.3, 0.4) is 0 Å². The Labute approximate surface area is 115 Å². The zero-order valence-corrected chi connectivity index (χ0v) is 13.1. The van der Waals surface area contributed by atoms with E-state index in [4.69, 9.17) is 5.73 Å². The molecule has 0 aromatic heterocycles. The lowest BCUT2D eigenvalue weighted by molar-refractivity contribution is 0.302. The first-order valence-corrected chi connectivity index (χ1v) is 8.03. The van der Waals surface area contributed by atoms with E-state index in [1.807, 2.05) is 0 Å². The quantitative estimate of drug-likeness (QED) is 0.487. The summed E-state index contributed by atoms with van der Waals surface area (Å²) in [5, 5.41) is 3.56. The Balaban J connectivity index is 3.16. The van der Waals surface area contributed by atoms with Crippen LogP contribution in [0.25, 0.3) is 0 Å². The Morgan fingerprint density at radius 1 is 0.833 bits per heavy atom. The van der Waals surface area contributed by atoms with Gasteiger partial charge in [-0.2, -0.15) is 0 Å². The molecule has 0 unspecified atom stereocenters. The van der Waals surface area contributed by atoms with E-state index >= 15 is 0 Å². The van der Waals surface area contributed by atoms with Gasteiger partial charge in [-0.25, -0.2) is 0 Å². The van der Waals surface area contributed by atoms with Crippen molar-refractivity contribution in [2.24, 2.45) is 11.1 Å². The van der Waals surface area contributed by atoms with Crippen LogP contribution in [0.2, 0.25) is 0 Å². The summed E-state index contributed by atoms with van der Waals surface area (Å²) in [5.74, 6) is 0. The van der Waals surface area contributed by atoms with E-state index in [-0.39, 0.29) is 0 Å². The first kappa shape index (κ1) is 17.9. The number of hydrogen-bond donors (Lipinski definition) is 2.